The number of nitrogens with zero attached hydrogens (tertiary/aromatic N) is 2. The van der Waals surface area contributed by atoms with Crippen LogP contribution < -0.4 is 5.32 Å². The summed E-state index contributed by atoms with van der Waals surface area (Å²) in [5.74, 6) is 1.17. The average Bonchev–Trinajstić information content (AvgIpc) is 2.88. The van der Waals surface area contributed by atoms with Crippen LogP contribution in [-0.4, -0.2) is 34.6 Å². The van der Waals surface area contributed by atoms with Gasteiger partial charge in [-0.25, -0.2) is 0 Å². The highest BCUT2D eigenvalue weighted by Gasteiger charge is 2.23. The minimum Gasteiger partial charge on any atom is -0.396 e. The molecule has 0 saturated heterocycles. The number of hydrogen-bond acceptors (Lipinski definition) is 3. The maximum Gasteiger partial charge on any atom is 0.0533 e. The standard InChI is InChI=1S/C13H23N3O/c17-11-13-5-2-1-4-12(13)10-14-7-9-16-8-3-6-15-16/h3,6,8,12-14,17H,1-2,4-5,7,9-11H2. The lowest BCUT2D eigenvalue weighted by Crippen LogP contribution is -2.33. The first-order valence-electron chi connectivity index (χ1n) is 6.69. The topological polar surface area (TPSA) is 50.1 Å². The summed E-state index contributed by atoms with van der Waals surface area (Å²) in [4.78, 5) is 0. The molecule has 1 heterocycles. The molecule has 4 heteroatoms. The van der Waals surface area contributed by atoms with Crippen LogP contribution in [0.2, 0.25) is 0 Å². The third-order valence-corrected chi connectivity index (χ3v) is 3.78. The summed E-state index contributed by atoms with van der Waals surface area (Å²) in [5, 5.41) is 17.0. The molecule has 0 aliphatic heterocycles. The molecule has 1 fully saturated rings. The van der Waals surface area contributed by atoms with Crippen molar-refractivity contribution >= 4 is 0 Å². The molecule has 2 atom stereocenters. The molecule has 1 aromatic heterocycles. The fourth-order valence-corrected chi connectivity index (χ4v) is 2.71. The van der Waals surface area contributed by atoms with Gasteiger partial charge in [-0.15, -0.1) is 0 Å². The predicted octanol–water partition coefficient (Wildman–Crippen LogP) is 1.27. The van der Waals surface area contributed by atoms with Gasteiger partial charge < -0.3 is 10.4 Å². The Bertz CT molecular complexity index is 300. The van der Waals surface area contributed by atoms with Crippen molar-refractivity contribution in [3.05, 3.63) is 18.5 Å². The smallest absolute Gasteiger partial charge is 0.0533 e. The average molecular weight is 237 g/mol. The minimum absolute atomic E-state index is 0.353. The molecule has 2 unspecified atom stereocenters. The van der Waals surface area contributed by atoms with Gasteiger partial charge >= 0.3 is 0 Å². The summed E-state index contributed by atoms with van der Waals surface area (Å²) in [6.45, 7) is 3.26. The van der Waals surface area contributed by atoms with Gasteiger partial charge in [0.05, 0.1) is 6.54 Å². The molecular formula is C13H23N3O. The van der Waals surface area contributed by atoms with E-state index in [1.54, 1.807) is 0 Å². The summed E-state index contributed by atoms with van der Waals surface area (Å²) in [5.41, 5.74) is 0. The Labute approximate surface area is 103 Å². The lowest BCUT2D eigenvalue weighted by atomic mass is 9.79. The summed E-state index contributed by atoms with van der Waals surface area (Å²) < 4.78 is 1.94. The Kier molecular flexibility index (Phi) is 5.01. The third-order valence-electron chi connectivity index (χ3n) is 3.78. The van der Waals surface area contributed by atoms with Crippen molar-refractivity contribution in [2.24, 2.45) is 11.8 Å². The van der Waals surface area contributed by atoms with E-state index in [0.717, 1.165) is 19.6 Å². The van der Waals surface area contributed by atoms with Gasteiger partial charge in [0.25, 0.3) is 0 Å². The van der Waals surface area contributed by atoms with Gasteiger partial charge in [-0.05, 0) is 37.3 Å². The maximum atomic E-state index is 9.33. The van der Waals surface area contributed by atoms with Gasteiger partial charge in [-0.3, -0.25) is 4.68 Å². The van der Waals surface area contributed by atoms with Crippen LogP contribution in [0, 0.1) is 11.8 Å². The second-order valence-electron chi connectivity index (χ2n) is 4.96. The lowest BCUT2D eigenvalue weighted by molar-refractivity contribution is 0.133. The quantitative estimate of drug-likeness (QED) is 0.733. The third kappa shape index (κ3) is 3.82. The Balaban J connectivity index is 1.63. The van der Waals surface area contributed by atoms with Gasteiger partial charge in [0.1, 0.15) is 0 Å². The number of nitrogens with one attached hydrogen (secondary N) is 1. The van der Waals surface area contributed by atoms with Crippen LogP contribution in [0.1, 0.15) is 25.7 Å². The molecule has 96 valence electrons. The summed E-state index contributed by atoms with van der Waals surface area (Å²) in [6, 6.07) is 1.95. The molecule has 1 aliphatic rings. The van der Waals surface area contributed by atoms with Gasteiger partial charge in [-0.1, -0.05) is 12.8 Å². The Morgan fingerprint density at radius 1 is 1.29 bits per heavy atom. The molecule has 2 N–H and O–H groups in total. The molecule has 4 nitrogen and oxygen atoms in total. The Morgan fingerprint density at radius 3 is 2.82 bits per heavy atom. The molecule has 0 bridgehead atoms. The van der Waals surface area contributed by atoms with Crippen LogP contribution in [0.15, 0.2) is 18.5 Å². The lowest BCUT2D eigenvalue weighted by Gasteiger charge is -2.30. The molecule has 1 aliphatic carbocycles. The van der Waals surface area contributed by atoms with Crippen LogP contribution in [-0.2, 0) is 6.54 Å². The predicted molar refractivity (Wildman–Crippen MR) is 67.6 cm³/mol. The minimum atomic E-state index is 0.353. The highest BCUT2D eigenvalue weighted by molar-refractivity contribution is 4.79. The molecule has 1 saturated carbocycles. The molecule has 0 radical (unpaired) electrons. The molecule has 2 rings (SSSR count). The molecule has 0 spiro atoms. The number of rotatable bonds is 6. The highest BCUT2D eigenvalue weighted by atomic mass is 16.3. The molecule has 1 aromatic rings. The monoisotopic (exact) mass is 237 g/mol. The van der Waals surface area contributed by atoms with Crippen molar-refractivity contribution < 1.29 is 5.11 Å². The van der Waals surface area contributed by atoms with Crippen LogP contribution in [0.3, 0.4) is 0 Å². The van der Waals surface area contributed by atoms with Crippen molar-refractivity contribution in [2.45, 2.75) is 32.2 Å². The SMILES string of the molecule is OCC1CCCCC1CNCCn1cccn1. The van der Waals surface area contributed by atoms with Gasteiger partial charge in [0.15, 0.2) is 0 Å². The fraction of sp³-hybridized carbons (Fsp3) is 0.769. The van der Waals surface area contributed by atoms with E-state index in [-0.39, 0.29) is 0 Å². The van der Waals surface area contributed by atoms with Gasteiger partial charge in [-0.2, -0.15) is 5.10 Å². The summed E-state index contributed by atoms with van der Waals surface area (Å²) >= 11 is 0. The van der Waals surface area contributed by atoms with E-state index >= 15 is 0 Å². The zero-order chi connectivity index (χ0) is 11.9. The van der Waals surface area contributed by atoms with Crippen LogP contribution >= 0.6 is 0 Å². The zero-order valence-electron chi connectivity index (χ0n) is 10.4. The first-order valence-corrected chi connectivity index (χ1v) is 6.69. The molecule has 0 aromatic carbocycles. The van der Waals surface area contributed by atoms with E-state index < -0.39 is 0 Å². The largest absolute Gasteiger partial charge is 0.396 e. The molecule has 17 heavy (non-hydrogen) atoms. The van der Waals surface area contributed by atoms with Crippen molar-refractivity contribution in [1.29, 1.82) is 0 Å². The van der Waals surface area contributed by atoms with E-state index in [1.165, 1.54) is 25.7 Å². The van der Waals surface area contributed by atoms with E-state index in [9.17, 15) is 5.11 Å². The zero-order valence-corrected chi connectivity index (χ0v) is 10.4. The van der Waals surface area contributed by atoms with E-state index in [4.69, 9.17) is 0 Å². The van der Waals surface area contributed by atoms with Crippen LogP contribution in [0.4, 0.5) is 0 Å². The first-order chi connectivity index (χ1) is 8.40. The van der Waals surface area contributed by atoms with Crippen LogP contribution in [0.5, 0.6) is 0 Å². The van der Waals surface area contributed by atoms with Crippen molar-refractivity contribution in [3.63, 3.8) is 0 Å². The van der Waals surface area contributed by atoms with Gasteiger partial charge in [0, 0.05) is 25.5 Å². The molecular weight excluding hydrogens is 214 g/mol. The Morgan fingerprint density at radius 2 is 2.12 bits per heavy atom. The number of aliphatic hydroxyl groups excluding tert-OH is 1. The maximum absolute atomic E-state index is 9.33. The number of aromatic nitrogens is 2. The highest BCUT2D eigenvalue weighted by Crippen LogP contribution is 2.28. The van der Waals surface area contributed by atoms with Crippen molar-refractivity contribution in [3.8, 4) is 0 Å². The van der Waals surface area contributed by atoms with Crippen molar-refractivity contribution in [1.82, 2.24) is 15.1 Å². The first kappa shape index (κ1) is 12.6. The van der Waals surface area contributed by atoms with Gasteiger partial charge in [0.2, 0.25) is 0 Å². The van der Waals surface area contributed by atoms with E-state index in [1.807, 2.05) is 23.1 Å². The Hall–Kier alpha value is -0.870. The number of aliphatic hydroxyl groups is 1. The summed E-state index contributed by atoms with van der Waals surface area (Å²) in [7, 11) is 0. The van der Waals surface area contributed by atoms with E-state index in [0.29, 0.717) is 18.4 Å². The fourth-order valence-electron chi connectivity index (χ4n) is 2.71. The van der Waals surface area contributed by atoms with E-state index in [2.05, 4.69) is 10.4 Å². The second kappa shape index (κ2) is 6.77. The molecule has 0 amide bonds. The van der Waals surface area contributed by atoms with Crippen molar-refractivity contribution in [2.75, 3.05) is 19.7 Å². The second-order valence-corrected chi connectivity index (χ2v) is 4.96. The summed E-state index contributed by atoms with van der Waals surface area (Å²) in [6.07, 6.45) is 8.86. The normalized spacial score (nSPS) is 25.0. The van der Waals surface area contributed by atoms with Crippen LogP contribution in [0.25, 0.3) is 0 Å². The number of hydrogen-bond donors (Lipinski definition) is 2.